The Morgan fingerprint density at radius 3 is 1.90 bits per heavy atom. The van der Waals surface area contributed by atoms with Crippen molar-refractivity contribution >= 4 is 49.7 Å². The number of fused-ring (bicyclic) bond motifs is 4. The zero-order valence-corrected chi connectivity index (χ0v) is 26.5. The van der Waals surface area contributed by atoms with E-state index in [-0.39, 0.29) is 6.04 Å². The molecule has 8 aromatic rings. The van der Waals surface area contributed by atoms with Gasteiger partial charge < -0.3 is 9.32 Å². The van der Waals surface area contributed by atoms with Crippen LogP contribution in [0, 0.1) is 0 Å². The van der Waals surface area contributed by atoms with Crippen LogP contribution in [0.1, 0.15) is 12.0 Å². The number of para-hydroxylation sites is 2. The zero-order chi connectivity index (χ0) is 31.9. The van der Waals surface area contributed by atoms with Gasteiger partial charge in [0.05, 0.1) is 17.1 Å². The summed E-state index contributed by atoms with van der Waals surface area (Å²) in [4.78, 5) is 2.54. The van der Waals surface area contributed by atoms with Gasteiger partial charge in [0.25, 0.3) is 0 Å². The molecule has 9 rings (SSSR count). The summed E-state index contributed by atoms with van der Waals surface area (Å²) < 4.78 is 6.42. The second kappa shape index (κ2) is 11.9. The molecule has 0 spiro atoms. The van der Waals surface area contributed by atoms with Crippen LogP contribution in [0.25, 0.3) is 60.5 Å². The molecule has 1 aliphatic rings. The highest BCUT2D eigenvalue weighted by atomic mass is 16.3. The fourth-order valence-electron chi connectivity index (χ4n) is 7.42. The number of furan rings is 1. The number of hydrogen-bond donors (Lipinski definition) is 0. The van der Waals surface area contributed by atoms with Gasteiger partial charge in [-0.15, -0.1) is 0 Å². The first kappa shape index (κ1) is 28.1. The Labute approximate surface area is 280 Å². The first-order valence-electron chi connectivity index (χ1n) is 16.6. The molecule has 0 saturated heterocycles. The summed E-state index contributed by atoms with van der Waals surface area (Å²) in [5.41, 5.74) is 11.5. The Morgan fingerprint density at radius 2 is 1.10 bits per heavy atom. The molecular formula is C46H33NO. The van der Waals surface area contributed by atoms with E-state index >= 15 is 0 Å². The van der Waals surface area contributed by atoms with Crippen molar-refractivity contribution in [1.82, 2.24) is 0 Å². The second-order valence-electron chi connectivity index (χ2n) is 12.4. The molecule has 7 aromatic carbocycles. The van der Waals surface area contributed by atoms with Gasteiger partial charge in [-0.2, -0.15) is 0 Å². The SMILES string of the molecule is C1=CC(N(c2ccccc2-c2cccc3cccc(-c4ccccc4)c23)c2cccc3oc4ccccc4c23)CC=C1c1ccccc1. The minimum Gasteiger partial charge on any atom is -0.456 e. The Balaban J connectivity index is 1.28. The van der Waals surface area contributed by atoms with Crippen molar-refractivity contribution in [1.29, 1.82) is 0 Å². The monoisotopic (exact) mass is 615 g/mol. The van der Waals surface area contributed by atoms with Crippen LogP contribution in [0.15, 0.2) is 186 Å². The average Bonchev–Trinajstić information content (AvgIpc) is 3.55. The van der Waals surface area contributed by atoms with Crippen LogP contribution < -0.4 is 4.90 Å². The van der Waals surface area contributed by atoms with Crippen LogP contribution in [-0.2, 0) is 0 Å². The van der Waals surface area contributed by atoms with Gasteiger partial charge in [0.2, 0.25) is 0 Å². The highest BCUT2D eigenvalue weighted by Crippen LogP contribution is 2.46. The molecule has 1 unspecified atom stereocenters. The lowest BCUT2D eigenvalue weighted by atomic mass is 9.89. The fourth-order valence-corrected chi connectivity index (χ4v) is 7.42. The summed E-state index contributed by atoms with van der Waals surface area (Å²) in [5, 5.41) is 4.75. The van der Waals surface area contributed by atoms with Gasteiger partial charge in [-0.3, -0.25) is 0 Å². The number of nitrogens with zero attached hydrogens (tertiary/aromatic N) is 1. The lowest BCUT2D eigenvalue weighted by Gasteiger charge is -2.35. The molecule has 0 amide bonds. The minimum atomic E-state index is 0.0847. The molecular weight excluding hydrogens is 583 g/mol. The summed E-state index contributed by atoms with van der Waals surface area (Å²) in [6, 6.07) is 58.6. The van der Waals surface area contributed by atoms with Crippen molar-refractivity contribution in [2.24, 2.45) is 0 Å². The Bertz CT molecular complexity index is 2480. The van der Waals surface area contributed by atoms with Crippen LogP contribution in [0.2, 0.25) is 0 Å². The normalized spacial score (nSPS) is 14.4. The molecule has 0 bridgehead atoms. The predicted molar refractivity (Wildman–Crippen MR) is 203 cm³/mol. The van der Waals surface area contributed by atoms with Crippen molar-refractivity contribution < 1.29 is 4.42 Å². The van der Waals surface area contributed by atoms with E-state index < -0.39 is 0 Å². The van der Waals surface area contributed by atoms with Crippen LogP contribution >= 0.6 is 0 Å². The third-order valence-electron chi connectivity index (χ3n) is 9.60. The van der Waals surface area contributed by atoms with E-state index in [2.05, 4.69) is 181 Å². The largest absolute Gasteiger partial charge is 0.456 e. The summed E-state index contributed by atoms with van der Waals surface area (Å²) in [6.07, 6.45) is 7.91. The maximum atomic E-state index is 6.42. The molecule has 0 N–H and O–H groups in total. The molecule has 0 saturated carbocycles. The minimum absolute atomic E-state index is 0.0847. The van der Waals surface area contributed by atoms with Crippen molar-refractivity contribution in [2.75, 3.05) is 4.90 Å². The van der Waals surface area contributed by atoms with E-state index in [0.29, 0.717) is 0 Å². The molecule has 1 atom stereocenters. The molecule has 1 heterocycles. The molecule has 2 heteroatoms. The number of hydrogen-bond acceptors (Lipinski definition) is 2. The van der Waals surface area contributed by atoms with Gasteiger partial charge >= 0.3 is 0 Å². The summed E-state index contributed by atoms with van der Waals surface area (Å²) >= 11 is 0. The molecule has 0 radical (unpaired) electrons. The number of allylic oxidation sites excluding steroid dienone is 2. The predicted octanol–water partition coefficient (Wildman–Crippen LogP) is 12.6. The summed E-state index contributed by atoms with van der Waals surface area (Å²) in [6.45, 7) is 0. The van der Waals surface area contributed by atoms with E-state index in [1.165, 1.54) is 44.2 Å². The van der Waals surface area contributed by atoms with Gasteiger partial charge in [0, 0.05) is 16.6 Å². The molecule has 48 heavy (non-hydrogen) atoms. The zero-order valence-electron chi connectivity index (χ0n) is 26.5. The van der Waals surface area contributed by atoms with Crippen LogP contribution in [0.3, 0.4) is 0 Å². The first-order valence-corrected chi connectivity index (χ1v) is 16.6. The standard InChI is InChI=1S/C46H33NO/c1-3-14-32(15-4-1)33-28-30-36(31-29-33)47(42-25-13-27-44-46(42)40-21-8-10-26-43(40)48-44)41-24-9-7-20-38(41)39-23-12-19-35-18-11-22-37(45(35)39)34-16-5-2-6-17-34/h1-30,36H,31H2. The average molecular weight is 616 g/mol. The third-order valence-corrected chi connectivity index (χ3v) is 9.60. The van der Waals surface area contributed by atoms with E-state index in [4.69, 9.17) is 4.42 Å². The molecule has 2 nitrogen and oxygen atoms in total. The Kier molecular flexibility index (Phi) is 6.98. The van der Waals surface area contributed by atoms with Crippen molar-refractivity contribution in [2.45, 2.75) is 12.5 Å². The number of benzene rings is 7. The van der Waals surface area contributed by atoms with Gasteiger partial charge in [-0.1, -0.05) is 158 Å². The molecule has 228 valence electrons. The first-order chi connectivity index (χ1) is 23.8. The van der Waals surface area contributed by atoms with Gasteiger partial charge in [-0.25, -0.2) is 0 Å². The van der Waals surface area contributed by atoms with E-state index in [9.17, 15) is 0 Å². The van der Waals surface area contributed by atoms with E-state index in [1.54, 1.807) is 0 Å². The smallest absolute Gasteiger partial charge is 0.137 e. The molecule has 0 aliphatic heterocycles. The lowest BCUT2D eigenvalue weighted by Crippen LogP contribution is -2.30. The maximum absolute atomic E-state index is 6.42. The van der Waals surface area contributed by atoms with Gasteiger partial charge in [0.1, 0.15) is 11.2 Å². The topological polar surface area (TPSA) is 16.4 Å². The van der Waals surface area contributed by atoms with Crippen molar-refractivity contribution in [3.63, 3.8) is 0 Å². The van der Waals surface area contributed by atoms with Crippen LogP contribution in [-0.4, -0.2) is 6.04 Å². The van der Waals surface area contributed by atoms with Crippen LogP contribution in [0.5, 0.6) is 0 Å². The molecule has 0 fully saturated rings. The van der Waals surface area contributed by atoms with Crippen LogP contribution in [0.4, 0.5) is 11.4 Å². The van der Waals surface area contributed by atoms with Crippen molar-refractivity contribution in [3.05, 3.63) is 188 Å². The number of anilines is 2. The molecule has 1 aliphatic carbocycles. The van der Waals surface area contributed by atoms with E-state index in [0.717, 1.165) is 39.7 Å². The molecule has 1 aromatic heterocycles. The Morgan fingerprint density at radius 1 is 0.479 bits per heavy atom. The maximum Gasteiger partial charge on any atom is 0.137 e. The second-order valence-corrected chi connectivity index (χ2v) is 12.4. The Hall–Kier alpha value is -6.12. The highest BCUT2D eigenvalue weighted by molar-refractivity contribution is 6.14. The van der Waals surface area contributed by atoms with Gasteiger partial charge in [0.15, 0.2) is 0 Å². The quantitative estimate of drug-likeness (QED) is 0.185. The third kappa shape index (κ3) is 4.82. The number of rotatable bonds is 6. The lowest BCUT2D eigenvalue weighted by molar-refractivity contribution is 0.669. The summed E-state index contributed by atoms with van der Waals surface area (Å²) in [7, 11) is 0. The highest BCUT2D eigenvalue weighted by Gasteiger charge is 2.27. The summed E-state index contributed by atoms with van der Waals surface area (Å²) in [5.74, 6) is 0. The fraction of sp³-hybridized carbons (Fsp3) is 0.0435. The van der Waals surface area contributed by atoms with E-state index in [1.807, 2.05) is 6.07 Å². The van der Waals surface area contributed by atoms with Gasteiger partial charge in [-0.05, 0) is 69.3 Å². The van der Waals surface area contributed by atoms with Crippen molar-refractivity contribution in [3.8, 4) is 22.3 Å².